The van der Waals surface area contributed by atoms with Gasteiger partial charge in [0, 0.05) is 12.3 Å². The number of nitrogens with zero attached hydrogens (tertiary/aromatic N) is 1. The highest BCUT2D eigenvalue weighted by molar-refractivity contribution is 5.73. The van der Waals surface area contributed by atoms with Crippen LogP contribution in [0.15, 0.2) is 42.6 Å². The molecule has 0 radical (unpaired) electrons. The lowest BCUT2D eigenvalue weighted by atomic mass is 9.96. The molecule has 3 rings (SSSR count). The van der Waals surface area contributed by atoms with Crippen molar-refractivity contribution in [2.75, 3.05) is 6.54 Å². The monoisotopic (exact) mass is 373 g/mol. The number of carbonyl (C=O) groups excluding carboxylic acids is 1. The molecule has 0 bridgehead atoms. The van der Waals surface area contributed by atoms with Crippen LogP contribution < -0.4 is 15.4 Å². The first-order chi connectivity index (χ1) is 12.9. The Balaban J connectivity index is 1.47. The number of aromatic nitrogens is 1. The van der Waals surface area contributed by atoms with E-state index in [-0.39, 0.29) is 19.2 Å². The van der Waals surface area contributed by atoms with Crippen LogP contribution in [-0.2, 0) is 12.1 Å². The third-order valence-electron chi connectivity index (χ3n) is 4.61. The number of hydrogen-bond acceptors (Lipinski definition) is 4. The number of benzene rings is 1. The van der Waals surface area contributed by atoms with Crippen LogP contribution >= 0.6 is 0 Å². The fourth-order valence-electron chi connectivity index (χ4n) is 2.72. The van der Waals surface area contributed by atoms with Gasteiger partial charge in [-0.25, -0.2) is 9.18 Å². The van der Waals surface area contributed by atoms with Gasteiger partial charge in [-0.1, -0.05) is 12.1 Å². The van der Waals surface area contributed by atoms with Crippen molar-refractivity contribution < 1.29 is 19.0 Å². The molecular formula is C20H24FN3O3. The molecule has 1 aromatic carbocycles. The predicted octanol–water partition coefficient (Wildman–Crippen LogP) is 2.86. The SMILES string of the molecule is CC(O)(CNC(=O)NCc1cc(OC2CCC2)ccn1)c1cccc(F)c1. The molecule has 1 heterocycles. The van der Waals surface area contributed by atoms with Gasteiger partial charge in [0.15, 0.2) is 0 Å². The van der Waals surface area contributed by atoms with Crippen molar-refractivity contribution in [3.63, 3.8) is 0 Å². The Morgan fingerprint density at radius 1 is 1.33 bits per heavy atom. The fourth-order valence-corrected chi connectivity index (χ4v) is 2.72. The quantitative estimate of drug-likeness (QED) is 0.697. The molecule has 1 aromatic heterocycles. The number of ether oxygens (including phenoxy) is 1. The minimum Gasteiger partial charge on any atom is -0.490 e. The van der Waals surface area contributed by atoms with Crippen LogP contribution in [0.1, 0.15) is 37.4 Å². The first kappa shape index (κ1) is 19.1. The molecule has 0 spiro atoms. The molecule has 0 aliphatic heterocycles. The minimum atomic E-state index is -1.38. The van der Waals surface area contributed by atoms with E-state index >= 15 is 0 Å². The molecular weight excluding hydrogens is 349 g/mol. The van der Waals surface area contributed by atoms with Crippen LogP contribution in [0.4, 0.5) is 9.18 Å². The Morgan fingerprint density at radius 3 is 2.85 bits per heavy atom. The topological polar surface area (TPSA) is 83.5 Å². The van der Waals surface area contributed by atoms with E-state index in [0.717, 1.165) is 18.6 Å². The number of aliphatic hydroxyl groups is 1. The highest BCUT2D eigenvalue weighted by Crippen LogP contribution is 2.25. The molecule has 2 aromatic rings. The van der Waals surface area contributed by atoms with E-state index in [2.05, 4.69) is 15.6 Å². The summed E-state index contributed by atoms with van der Waals surface area (Å²) in [4.78, 5) is 16.2. The van der Waals surface area contributed by atoms with E-state index in [9.17, 15) is 14.3 Å². The molecule has 1 fully saturated rings. The van der Waals surface area contributed by atoms with E-state index in [4.69, 9.17) is 4.74 Å². The number of halogens is 1. The summed E-state index contributed by atoms with van der Waals surface area (Å²) < 4.78 is 19.1. The molecule has 1 saturated carbocycles. The average molecular weight is 373 g/mol. The van der Waals surface area contributed by atoms with Crippen LogP contribution in [0.25, 0.3) is 0 Å². The van der Waals surface area contributed by atoms with Crippen LogP contribution in [-0.4, -0.2) is 28.8 Å². The molecule has 6 nitrogen and oxygen atoms in total. The second-order valence-electron chi connectivity index (χ2n) is 6.97. The van der Waals surface area contributed by atoms with E-state index in [0.29, 0.717) is 11.3 Å². The Kier molecular flexibility index (Phi) is 5.91. The Bertz CT molecular complexity index is 794. The number of amides is 2. The lowest BCUT2D eigenvalue weighted by molar-refractivity contribution is 0.0590. The maximum absolute atomic E-state index is 13.3. The molecule has 3 N–H and O–H groups in total. The van der Waals surface area contributed by atoms with Gasteiger partial charge in [0.2, 0.25) is 0 Å². The molecule has 1 atom stereocenters. The fraction of sp³-hybridized carbons (Fsp3) is 0.400. The van der Waals surface area contributed by atoms with Gasteiger partial charge < -0.3 is 20.5 Å². The van der Waals surface area contributed by atoms with Gasteiger partial charge in [0.05, 0.1) is 24.9 Å². The first-order valence-corrected chi connectivity index (χ1v) is 9.04. The zero-order valence-corrected chi connectivity index (χ0v) is 15.2. The van der Waals surface area contributed by atoms with Crippen molar-refractivity contribution >= 4 is 6.03 Å². The van der Waals surface area contributed by atoms with Crippen molar-refractivity contribution in [3.05, 3.63) is 59.7 Å². The molecule has 7 heteroatoms. The third kappa shape index (κ3) is 5.40. The molecule has 27 heavy (non-hydrogen) atoms. The smallest absolute Gasteiger partial charge is 0.315 e. The van der Waals surface area contributed by atoms with E-state index < -0.39 is 17.4 Å². The number of pyridine rings is 1. The summed E-state index contributed by atoms with van der Waals surface area (Å²) in [5, 5.41) is 15.7. The summed E-state index contributed by atoms with van der Waals surface area (Å²) in [6, 6.07) is 8.84. The van der Waals surface area contributed by atoms with E-state index in [1.54, 1.807) is 18.3 Å². The molecule has 1 aliphatic rings. The molecule has 0 saturated heterocycles. The second kappa shape index (κ2) is 8.35. The average Bonchev–Trinajstić information content (AvgIpc) is 2.62. The van der Waals surface area contributed by atoms with Crippen LogP contribution in [0.3, 0.4) is 0 Å². The Labute approximate surface area is 157 Å². The summed E-state index contributed by atoms with van der Waals surface area (Å²) in [6.45, 7) is 1.70. The van der Waals surface area contributed by atoms with Crippen LogP contribution in [0.2, 0.25) is 0 Å². The van der Waals surface area contributed by atoms with Gasteiger partial charge in [-0.05, 0) is 49.9 Å². The second-order valence-corrected chi connectivity index (χ2v) is 6.97. The summed E-state index contributed by atoms with van der Waals surface area (Å²) in [5.74, 6) is 0.313. The van der Waals surface area contributed by atoms with E-state index in [1.165, 1.54) is 31.5 Å². The lowest BCUT2D eigenvalue weighted by Gasteiger charge is -2.26. The van der Waals surface area contributed by atoms with Gasteiger partial charge in [0.1, 0.15) is 17.2 Å². The molecule has 1 aliphatic carbocycles. The van der Waals surface area contributed by atoms with Crippen molar-refractivity contribution in [2.24, 2.45) is 0 Å². The maximum Gasteiger partial charge on any atom is 0.315 e. The largest absolute Gasteiger partial charge is 0.490 e. The number of hydrogen-bond donors (Lipinski definition) is 3. The summed E-state index contributed by atoms with van der Waals surface area (Å²) in [6.07, 6.45) is 5.27. The van der Waals surface area contributed by atoms with Crippen molar-refractivity contribution in [2.45, 2.75) is 44.4 Å². The van der Waals surface area contributed by atoms with Crippen LogP contribution in [0.5, 0.6) is 5.75 Å². The molecule has 1 unspecified atom stereocenters. The van der Waals surface area contributed by atoms with Crippen LogP contribution in [0, 0.1) is 5.82 Å². The first-order valence-electron chi connectivity index (χ1n) is 9.04. The van der Waals surface area contributed by atoms with Crippen molar-refractivity contribution in [1.82, 2.24) is 15.6 Å². The maximum atomic E-state index is 13.3. The highest BCUT2D eigenvalue weighted by Gasteiger charge is 2.24. The molecule has 144 valence electrons. The standard InChI is InChI=1S/C20H24FN3O3/c1-20(26,14-4-2-5-15(21)10-14)13-24-19(25)23-12-16-11-18(8-9-22-16)27-17-6-3-7-17/h2,4-5,8-11,17,26H,3,6-7,12-13H2,1H3,(H2,23,24,25). The van der Waals surface area contributed by atoms with Gasteiger partial charge >= 0.3 is 6.03 Å². The predicted molar refractivity (Wildman–Crippen MR) is 98.7 cm³/mol. The zero-order valence-electron chi connectivity index (χ0n) is 15.2. The summed E-state index contributed by atoms with van der Waals surface area (Å²) in [5.41, 5.74) is -0.307. The number of urea groups is 1. The van der Waals surface area contributed by atoms with Gasteiger partial charge in [0.25, 0.3) is 0 Å². The van der Waals surface area contributed by atoms with Crippen molar-refractivity contribution in [1.29, 1.82) is 0 Å². The van der Waals surface area contributed by atoms with Gasteiger partial charge in [-0.15, -0.1) is 0 Å². The van der Waals surface area contributed by atoms with Gasteiger partial charge in [-0.3, -0.25) is 4.98 Å². The van der Waals surface area contributed by atoms with E-state index in [1.807, 2.05) is 6.07 Å². The lowest BCUT2D eigenvalue weighted by Crippen LogP contribution is -2.43. The molecule has 2 amide bonds. The third-order valence-corrected chi connectivity index (χ3v) is 4.61. The summed E-state index contributed by atoms with van der Waals surface area (Å²) in [7, 11) is 0. The zero-order chi connectivity index (χ0) is 19.3. The minimum absolute atomic E-state index is 0.0550. The van der Waals surface area contributed by atoms with Crippen molar-refractivity contribution in [3.8, 4) is 5.75 Å². The number of carbonyl (C=O) groups is 1. The normalized spacial score (nSPS) is 16.1. The highest BCUT2D eigenvalue weighted by atomic mass is 19.1. The number of rotatable bonds is 7. The Hall–Kier alpha value is -2.67. The van der Waals surface area contributed by atoms with Gasteiger partial charge in [-0.2, -0.15) is 0 Å². The Morgan fingerprint density at radius 2 is 2.15 bits per heavy atom. The summed E-state index contributed by atoms with van der Waals surface area (Å²) >= 11 is 0. The number of nitrogens with one attached hydrogen (secondary N) is 2.